The lowest BCUT2D eigenvalue weighted by Gasteiger charge is -2.27. The number of carbonyl (C=O) groups excluding carboxylic acids is 2. The molecule has 0 spiro atoms. The highest BCUT2D eigenvalue weighted by atomic mass is 32.2. The second kappa shape index (κ2) is 8.73. The molecule has 142 valence electrons. The molecule has 0 radical (unpaired) electrons. The van der Waals surface area contributed by atoms with E-state index in [2.05, 4.69) is 10.1 Å². The highest BCUT2D eigenvalue weighted by molar-refractivity contribution is 7.89. The first kappa shape index (κ1) is 21.5. The number of rotatable bonds is 8. The number of hydrogen-bond acceptors (Lipinski definition) is 6. The molecule has 1 aromatic rings. The van der Waals surface area contributed by atoms with Crippen LogP contribution in [0.2, 0.25) is 0 Å². The summed E-state index contributed by atoms with van der Waals surface area (Å²) >= 11 is 0. The zero-order valence-electron chi connectivity index (χ0n) is 14.6. The van der Waals surface area contributed by atoms with Gasteiger partial charge >= 0.3 is 5.97 Å². The zero-order valence-corrected chi connectivity index (χ0v) is 15.4. The van der Waals surface area contributed by atoms with Gasteiger partial charge in [0.05, 0.1) is 6.07 Å². The first-order chi connectivity index (χ1) is 12.0. The Labute approximate surface area is 151 Å². The van der Waals surface area contributed by atoms with Crippen LogP contribution in [0.25, 0.3) is 0 Å². The van der Waals surface area contributed by atoms with Crippen LogP contribution in [-0.4, -0.2) is 39.0 Å². The van der Waals surface area contributed by atoms with Crippen LogP contribution >= 0.6 is 0 Å². The molecule has 0 unspecified atom stereocenters. The van der Waals surface area contributed by atoms with Crippen LogP contribution in [0, 0.1) is 23.1 Å². The molecule has 1 rings (SSSR count). The molecule has 0 bridgehead atoms. The summed E-state index contributed by atoms with van der Waals surface area (Å²) in [6.07, 6.45) is 0. The van der Waals surface area contributed by atoms with Crippen molar-refractivity contribution in [2.45, 2.75) is 31.2 Å². The first-order valence-electron chi connectivity index (χ1n) is 7.64. The predicted octanol–water partition coefficient (Wildman–Crippen LogP) is 0.702. The van der Waals surface area contributed by atoms with Crippen molar-refractivity contribution in [3.8, 4) is 6.07 Å². The molecule has 1 atom stereocenters. The maximum absolute atomic E-state index is 13.5. The predicted molar refractivity (Wildman–Crippen MR) is 89.5 cm³/mol. The number of halogens is 1. The minimum absolute atomic E-state index is 0.181. The minimum Gasteiger partial charge on any atom is -0.455 e. The fraction of sp³-hybridized carbons (Fsp3) is 0.438. The van der Waals surface area contributed by atoms with E-state index in [0.717, 1.165) is 12.1 Å². The van der Waals surface area contributed by atoms with Gasteiger partial charge in [-0.05, 0) is 25.0 Å². The molecule has 1 aromatic carbocycles. The second-order valence-electron chi connectivity index (χ2n) is 5.93. The van der Waals surface area contributed by atoms with Crippen molar-refractivity contribution in [2.75, 3.05) is 13.2 Å². The van der Waals surface area contributed by atoms with Gasteiger partial charge in [0.15, 0.2) is 6.61 Å². The summed E-state index contributed by atoms with van der Waals surface area (Å²) in [4.78, 5) is 22.8. The number of benzene rings is 1. The third-order valence-electron chi connectivity index (χ3n) is 3.68. The number of nitrogens with one attached hydrogen (secondary N) is 2. The largest absolute Gasteiger partial charge is 0.455 e. The van der Waals surface area contributed by atoms with Gasteiger partial charge in [0.25, 0.3) is 5.91 Å². The molecule has 26 heavy (non-hydrogen) atoms. The summed E-state index contributed by atoms with van der Waals surface area (Å²) in [6.45, 7) is 3.56. The van der Waals surface area contributed by atoms with Gasteiger partial charge in [0.1, 0.15) is 22.8 Å². The molecule has 0 aliphatic carbocycles. The molecule has 0 aromatic heterocycles. The lowest BCUT2D eigenvalue weighted by Crippen LogP contribution is -2.50. The van der Waals surface area contributed by atoms with Crippen molar-refractivity contribution in [1.82, 2.24) is 10.0 Å². The number of esters is 1. The standard InChI is InChI=1S/C16H20FN3O5S/c1-11(2)16(3,10-18)20-14(21)9-25-15(22)8-19-26(23,24)13-7-5-4-6-12(13)17/h4-7,11,19H,8-9H2,1-3H3,(H,20,21)/t16-/m1/s1. The van der Waals surface area contributed by atoms with Gasteiger partial charge in [0.2, 0.25) is 10.0 Å². The van der Waals surface area contributed by atoms with Crippen molar-refractivity contribution < 1.29 is 27.1 Å². The summed E-state index contributed by atoms with van der Waals surface area (Å²) in [7, 11) is -4.24. The average Bonchev–Trinajstić information content (AvgIpc) is 2.58. The summed E-state index contributed by atoms with van der Waals surface area (Å²) in [5.74, 6) is -2.87. The third-order valence-corrected chi connectivity index (χ3v) is 5.12. The SMILES string of the molecule is CC(C)[C@@](C)(C#N)NC(=O)COC(=O)CNS(=O)(=O)c1ccccc1F. The Kier molecular flexibility index (Phi) is 7.23. The van der Waals surface area contributed by atoms with E-state index in [0.29, 0.717) is 0 Å². The molecule has 0 aliphatic heterocycles. The molecule has 2 N–H and O–H groups in total. The average molecular weight is 385 g/mol. The Bertz CT molecular complexity index is 819. The monoisotopic (exact) mass is 385 g/mol. The molecule has 0 saturated heterocycles. The van der Waals surface area contributed by atoms with Crippen LogP contribution in [0.15, 0.2) is 29.2 Å². The quantitative estimate of drug-likeness (QED) is 0.635. The van der Waals surface area contributed by atoms with Crippen molar-refractivity contribution in [1.29, 1.82) is 5.26 Å². The van der Waals surface area contributed by atoms with Crippen molar-refractivity contribution in [3.63, 3.8) is 0 Å². The third kappa shape index (κ3) is 5.79. The van der Waals surface area contributed by atoms with Gasteiger partial charge in [-0.2, -0.15) is 9.98 Å². The number of ether oxygens (including phenoxy) is 1. The maximum atomic E-state index is 13.5. The van der Waals surface area contributed by atoms with E-state index in [1.54, 1.807) is 13.8 Å². The molecule has 0 aliphatic rings. The van der Waals surface area contributed by atoms with Crippen LogP contribution < -0.4 is 10.0 Å². The maximum Gasteiger partial charge on any atom is 0.321 e. The van der Waals surface area contributed by atoms with E-state index >= 15 is 0 Å². The van der Waals surface area contributed by atoms with Crippen LogP contribution in [0.3, 0.4) is 0 Å². The molecule has 0 saturated carbocycles. The first-order valence-corrected chi connectivity index (χ1v) is 9.12. The smallest absolute Gasteiger partial charge is 0.321 e. The summed E-state index contributed by atoms with van der Waals surface area (Å²) in [6, 6.07) is 6.64. The van der Waals surface area contributed by atoms with Gasteiger partial charge in [-0.3, -0.25) is 9.59 Å². The molecular formula is C16H20FN3O5S. The van der Waals surface area contributed by atoms with Crippen LogP contribution in [-0.2, 0) is 24.3 Å². The summed E-state index contributed by atoms with van der Waals surface area (Å²) in [5, 5.41) is 11.5. The van der Waals surface area contributed by atoms with Gasteiger partial charge in [-0.1, -0.05) is 26.0 Å². The number of nitriles is 1. The number of nitrogens with zero attached hydrogens (tertiary/aromatic N) is 1. The van der Waals surface area contributed by atoms with Crippen molar-refractivity contribution in [2.24, 2.45) is 5.92 Å². The van der Waals surface area contributed by atoms with Crippen LogP contribution in [0.4, 0.5) is 4.39 Å². The lowest BCUT2D eigenvalue weighted by atomic mass is 9.90. The van der Waals surface area contributed by atoms with Gasteiger partial charge < -0.3 is 10.1 Å². The van der Waals surface area contributed by atoms with E-state index in [9.17, 15) is 22.4 Å². The fourth-order valence-corrected chi connectivity index (χ4v) is 2.76. The molecule has 0 heterocycles. The van der Waals surface area contributed by atoms with Crippen molar-refractivity contribution in [3.05, 3.63) is 30.1 Å². The van der Waals surface area contributed by atoms with Gasteiger partial charge in [-0.25, -0.2) is 12.8 Å². The van der Waals surface area contributed by atoms with E-state index < -0.39 is 51.3 Å². The van der Waals surface area contributed by atoms with Gasteiger partial charge in [-0.15, -0.1) is 0 Å². The van der Waals surface area contributed by atoms with Crippen molar-refractivity contribution >= 4 is 21.9 Å². The topological polar surface area (TPSA) is 125 Å². The normalized spacial score (nSPS) is 13.5. The Balaban J connectivity index is 2.54. The van der Waals surface area contributed by atoms with Crippen LogP contribution in [0.5, 0.6) is 0 Å². The number of sulfonamides is 1. The molecule has 1 amide bonds. The molecule has 0 fully saturated rings. The highest BCUT2D eigenvalue weighted by Gasteiger charge is 2.30. The number of hydrogen-bond donors (Lipinski definition) is 2. The highest BCUT2D eigenvalue weighted by Crippen LogP contribution is 2.15. The minimum atomic E-state index is -4.24. The summed E-state index contributed by atoms with van der Waals surface area (Å²) in [5.41, 5.74) is -1.13. The second-order valence-corrected chi connectivity index (χ2v) is 7.67. The lowest BCUT2D eigenvalue weighted by molar-refractivity contribution is -0.147. The van der Waals surface area contributed by atoms with E-state index in [4.69, 9.17) is 5.26 Å². The zero-order chi connectivity index (χ0) is 20.0. The van der Waals surface area contributed by atoms with Gasteiger partial charge in [0, 0.05) is 0 Å². The molecule has 8 nitrogen and oxygen atoms in total. The fourth-order valence-electron chi connectivity index (χ4n) is 1.72. The Morgan fingerprint density at radius 1 is 1.35 bits per heavy atom. The Morgan fingerprint density at radius 3 is 2.50 bits per heavy atom. The number of amides is 1. The van der Waals surface area contributed by atoms with E-state index in [1.807, 2.05) is 10.8 Å². The summed E-state index contributed by atoms with van der Waals surface area (Å²) < 4.78 is 43.9. The number of carbonyl (C=O) groups is 2. The molecular weight excluding hydrogens is 365 g/mol. The van der Waals surface area contributed by atoms with E-state index in [1.165, 1.54) is 19.1 Å². The Morgan fingerprint density at radius 2 is 1.96 bits per heavy atom. The Hall–Kier alpha value is -2.51. The van der Waals surface area contributed by atoms with Crippen LogP contribution in [0.1, 0.15) is 20.8 Å². The molecule has 10 heteroatoms. The van der Waals surface area contributed by atoms with E-state index in [-0.39, 0.29) is 5.92 Å².